The summed E-state index contributed by atoms with van der Waals surface area (Å²) in [5.74, 6) is 1.07. The summed E-state index contributed by atoms with van der Waals surface area (Å²) >= 11 is 1.48. The van der Waals surface area contributed by atoms with Crippen LogP contribution in [-0.4, -0.2) is 48.5 Å². The van der Waals surface area contributed by atoms with E-state index in [9.17, 15) is 4.79 Å². The van der Waals surface area contributed by atoms with E-state index in [0.29, 0.717) is 18.3 Å². The summed E-state index contributed by atoms with van der Waals surface area (Å²) in [6.07, 6.45) is 11.1. The molecule has 140 valence electrons. The Morgan fingerprint density at radius 1 is 1.30 bits per heavy atom. The fourth-order valence-electron chi connectivity index (χ4n) is 3.27. The molecule has 3 aromatic rings. The monoisotopic (exact) mass is 383 g/mol. The summed E-state index contributed by atoms with van der Waals surface area (Å²) in [5, 5.41) is 5.68. The third-order valence-corrected chi connectivity index (χ3v) is 5.45. The van der Waals surface area contributed by atoms with Crippen molar-refractivity contribution >= 4 is 17.4 Å². The number of piperidine rings is 1. The number of amides is 2. The van der Waals surface area contributed by atoms with Gasteiger partial charge in [0.15, 0.2) is 10.8 Å². The third-order valence-electron chi connectivity index (χ3n) is 4.56. The fourth-order valence-corrected chi connectivity index (χ4v) is 4.03. The van der Waals surface area contributed by atoms with E-state index in [2.05, 4.69) is 29.8 Å². The van der Waals surface area contributed by atoms with Gasteiger partial charge < -0.3 is 14.8 Å². The lowest BCUT2D eigenvalue weighted by Crippen LogP contribution is -2.46. The van der Waals surface area contributed by atoms with Crippen LogP contribution in [0.5, 0.6) is 0 Å². The zero-order valence-corrected chi connectivity index (χ0v) is 15.7. The molecule has 9 heteroatoms. The number of thiazole rings is 1. The average Bonchev–Trinajstić information content (AvgIpc) is 3.39. The highest BCUT2D eigenvalue weighted by Crippen LogP contribution is 2.20. The number of nitrogens with zero attached hydrogens (tertiary/aromatic N) is 6. The van der Waals surface area contributed by atoms with Gasteiger partial charge in [0.2, 0.25) is 0 Å². The molecule has 1 aliphatic heterocycles. The number of carbonyl (C=O) groups excluding carboxylic acids is 1. The summed E-state index contributed by atoms with van der Waals surface area (Å²) in [4.78, 5) is 31.4. The van der Waals surface area contributed by atoms with Crippen molar-refractivity contribution in [3.8, 4) is 10.8 Å². The van der Waals surface area contributed by atoms with Crippen LogP contribution in [0.4, 0.5) is 4.79 Å². The van der Waals surface area contributed by atoms with Crippen LogP contribution in [0.15, 0.2) is 42.6 Å². The Labute approximate surface area is 161 Å². The van der Waals surface area contributed by atoms with Crippen LogP contribution in [0, 0.1) is 5.92 Å². The zero-order valence-electron chi connectivity index (χ0n) is 14.9. The molecule has 1 N–H and O–H groups in total. The van der Waals surface area contributed by atoms with E-state index in [1.54, 1.807) is 24.7 Å². The topological polar surface area (TPSA) is 88.8 Å². The molecule has 1 atom stereocenters. The van der Waals surface area contributed by atoms with Gasteiger partial charge in [0.25, 0.3) is 0 Å². The van der Waals surface area contributed by atoms with Gasteiger partial charge in [0, 0.05) is 49.8 Å². The third kappa shape index (κ3) is 4.48. The van der Waals surface area contributed by atoms with Crippen molar-refractivity contribution in [1.29, 1.82) is 0 Å². The van der Waals surface area contributed by atoms with Crippen molar-refractivity contribution in [1.82, 2.24) is 34.7 Å². The molecule has 27 heavy (non-hydrogen) atoms. The maximum atomic E-state index is 12.5. The van der Waals surface area contributed by atoms with Gasteiger partial charge >= 0.3 is 6.03 Å². The molecular formula is C18H21N7OS. The Balaban J connectivity index is 1.29. The number of carbonyl (C=O) groups is 1. The quantitative estimate of drug-likeness (QED) is 0.731. The summed E-state index contributed by atoms with van der Waals surface area (Å²) in [6.45, 7) is 2.87. The van der Waals surface area contributed by atoms with E-state index in [1.807, 2.05) is 22.8 Å². The van der Waals surface area contributed by atoms with Gasteiger partial charge in [0.05, 0.1) is 18.6 Å². The molecule has 0 bridgehead atoms. The number of rotatable bonds is 5. The Morgan fingerprint density at radius 2 is 2.19 bits per heavy atom. The Bertz CT molecular complexity index is 865. The lowest BCUT2D eigenvalue weighted by Gasteiger charge is -2.32. The molecule has 3 aromatic heterocycles. The molecule has 0 spiro atoms. The number of hydrogen-bond acceptors (Lipinski definition) is 6. The molecule has 1 aliphatic rings. The van der Waals surface area contributed by atoms with Crippen LogP contribution in [0.2, 0.25) is 0 Å². The number of imidazole rings is 1. The molecule has 0 aliphatic carbocycles. The van der Waals surface area contributed by atoms with Gasteiger partial charge in [-0.2, -0.15) is 0 Å². The zero-order chi connectivity index (χ0) is 18.5. The molecule has 1 fully saturated rings. The SMILES string of the molecule is O=C(NCc1csc(-c2ncccn2)n1)N1CCC[C@@H](Cn2ccnc2)C1. The van der Waals surface area contributed by atoms with E-state index < -0.39 is 0 Å². The van der Waals surface area contributed by atoms with E-state index in [-0.39, 0.29) is 6.03 Å². The molecule has 1 saturated heterocycles. The van der Waals surface area contributed by atoms with Crippen molar-refractivity contribution in [3.63, 3.8) is 0 Å². The molecule has 4 heterocycles. The van der Waals surface area contributed by atoms with Crippen molar-refractivity contribution < 1.29 is 4.79 Å². The van der Waals surface area contributed by atoms with Gasteiger partial charge in [0.1, 0.15) is 0 Å². The lowest BCUT2D eigenvalue weighted by atomic mass is 9.98. The molecule has 8 nitrogen and oxygen atoms in total. The lowest BCUT2D eigenvalue weighted by molar-refractivity contribution is 0.159. The number of likely N-dealkylation sites (tertiary alicyclic amines) is 1. The highest BCUT2D eigenvalue weighted by molar-refractivity contribution is 7.13. The van der Waals surface area contributed by atoms with Gasteiger partial charge in [-0.25, -0.2) is 24.7 Å². The molecule has 0 radical (unpaired) electrons. The maximum absolute atomic E-state index is 12.5. The average molecular weight is 383 g/mol. The minimum atomic E-state index is -0.0316. The molecule has 0 aromatic carbocycles. The minimum absolute atomic E-state index is 0.0316. The number of urea groups is 1. The first-order chi connectivity index (χ1) is 13.3. The molecular weight excluding hydrogens is 362 g/mol. The van der Waals surface area contributed by atoms with E-state index in [0.717, 1.165) is 43.2 Å². The van der Waals surface area contributed by atoms with Crippen LogP contribution in [0.25, 0.3) is 10.8 Å². The van der Waals surface area contributed by atoms with Crippen molar-refractivity contribution in [2.45, 2.75) is 25.9 Å². The van der Waals surface area contributed by atoms with Crippen molar-refractivity contribution in [2.75, 3.05) is 13.1 Å². The second kappa shape index (κ2) is 8.26. The Morgan fingerprint density at radius 3 is 3.00 bits per heavy atom. The predicted octanol–water partition coefficient (Wildman–Crippen LogP) is 2.42. The first kappa shape index (κ1) is 17.6. The van der Waals surface area contributed by atoms with Crippen LogP contribution >= 0.6 is 11.3 Å². The molecule has 2 amide bonds. The van der Waals surface area contributed by atoms with Gasteiger partial charge in [-0.05, 0) is 24.8 Å². The van der Waals surface area contributed by atoms with E-state index in [4.69, 9.17) is 0 Å². The molecule has 4 rings (SSSR count). The second-order valence-electron chi connectivity index (χ2n) is 6.59. The Kier molecular flexibility index (Phi) is 5.38. The second-order valence-corrected chi connectivity index (χ2v) is 7.45. The summed E-state index contributed by atoms with van der Waals surface area (Å²) < 4.78 is 2.08. The normalized spacial score (nSPS) is 17.0. The van der Waals surface area contributed by atoms with Crippen molar-refractivity contribution in [3.05, 3.63) is 48.3 Å². The number of hydrogen-bond donors (Lipinski definition) is 1. The van der Waals surface area contributed by atoms with Gasteiger partial charge in [-0.15, -0.1) is 11.3 Å². The summed E-state index contributed by atoms with van der Waals surface area (Å²) in [6, 6.07) is 1.74. The van der Waals surface area contributed by atoms with Gasteiger partial charge in [-0.3, -0.25) is 0 Å². The van der Waals surface area contributed by atoms with Crippen LogP contribution in [0.1, 0.15) is 18.5 Å². The fraction of sp³-hybridized carbons (Fsp3) is 0.389. The maximum Gasteiger partial charge on any atom is 0.317 e. The smallest absolute Gasteiger partial charge is 0.317 e. The summed E-state index contributed by atoms with van der Waals surface area (Å²) in [7, 11) is 0. The van der Waals surface area contributed by atoms with Gasteiger partial charge in [-0.1, -0.05) is 0 Å². The number of nitrogens with one attached hydrogen (secondary N) is 1. The summed E-state index contributed by atoms with van der Waals surface area (Å²) in [5.41, 5.74) is 0.822. The predicted molar refractivity (Wildman–Crippen MR) is 102 cm³/mol. The first-order valence-corrected chi connectivity index (χ1v) is 9.86. The van der Waals surface area contributed by atoms with Crippen LogP contribution < -0.4 is 5.32 Å². The largest absolute Gasteiger partial charge is 0.337 e. The highest BCUT2D eigenvalue weighted by atomic mass is 32.1. The van der Waals surface area contributed by atoms with E-state index >= 15 is 0 Å². The van der Waals surface area contributed by atoms with Crippen LogP contribution in [-0.2, 0) is 13.1 Å². The minimum Gasteiger partial charge on any atom is -0.337 e. The first-order valence-electron chi connectivity index (χ1n) is 8.98. The molecule has 0 saturated carbocycles. The standard InChI is InChI=1S/C18H21N7OS/c26-18(25-7-1-3-14(11-25)10-24-8-6-19-13-24)22-9-15-12-27-17(23-15)16-20-4-2-5-21-16/h2,4-6,8,12-14H,1,3,7,9-11H2,(H,22,26)/t14-/m0/s1. The molecule has 0 unspecified atom stereocenters. The van der Waals surface area contributed by atoms with Crippen molar-refractivity contribution in [2.24, 2.45) is 5.92 Å². The van der Waals surface area contributed by atoms with E-state index in [1.165, 1.54) is 11.3 Å². The highest BCUT2D eigenvalue weighted by Gasteiger charge is 2.23. The Hall–Kier alpha value is -2.81. The van der Waals surface area contributed by atoms with Crippen LogP contribution in [0.3, 0.4) is 0 Å². The number of aromatic nitrogens is 5.